The lowest BCUT2D eigenvalue weighted by molar-refractivity contribution is 0.194. The van der Waals surface area contributed by atoms with Gasteiger partial charge in [-0.15, -0.1) is 11.3 Å². The Morgan fingerprint density at radius 1 is 1.00 bits per heavy atom. The van der Waals surface area contributed by atoms with Crippen LogP contribution in [0.2, 0.25) is 0 Å². The van der Waals surface area contributed by atoms with E-state index in [1.54, 1.807) is 12.1 Å². The third-order valence-corrected chi connectivity index (χ3v) is 8.81. The molecule has 0 spiro atoms. The topological polar surface area (TPSA) is 37.3 Å². The number of aromatic nitrogens is 1. The van der Waals surface area contributed by atoms with E-state index in [-0.39, 0.29) is 17.9 Å². The zero-order chi connectivity index (χ0) is 24.1. The summed E-state index contributed by atoms with van der Waals surface area (Å²) in [7, 11) is 0. The maximum Gasteiger partial charge on any atom is 0.322 e. The highest BCUT2D eigenvalue weighted by Gasteiger charge is 2.36. The summed E-state index contributed by atoms with van der Waals surface area (Å²) in [5.41, 5.74) is 7.60. The first-order valence-electron chi connectivity index (χ1n) is 12.2. The first-order chi connectivity index (χ1) is 17.0. The molecular formula is C29H28FN3OS. The Labute approximate surface area is 209 Å². The van der Waals surface area contributed by atoms with Gasteiger partial charge in [-0.2, -0.15) is 0 Å². The number of benzene rings is 2. The molecule has 0 saturated carbocycles. The molecule has 0 fully saturated rings. The average Bonchev–Trinajstić information content (AvgIpc) is 3.45. The largest absolute Gasteiger partial charge is 0.322 e. The number of fused-ring (bicyclic) bond motifs is 5. The van der Waals surface area contributed by atoms with Crippen molar-refractivity contribution in [3.8, 4) is 5.00 Å². The summed E-state index contributed by atoms with van der Waals surface area (Å²) in [5.74, 6) is -0.280. The molecule has 0 unspecified atom stereocenters. The first-order valence-corrected chi connectivity index (χ1v) is 13.0. The maximum absolute atomic E-state index is 14.0. The molecule has 6 rings (SSSR count). The van der Waals surface area contributed by atoms with Crippen molar-refractivity contribution in [3.05, 3.63) is 105 Å². The van der Waals surface area contributed by atoms with Crippen molar-refractivity contribution in [3.63, 3.8) is 0 Å². The van der Waals surface area contributed by atoms with E-state index < -0.39 is 0 Å². The van der Waals surface area contributed by atoms with E-state index in [0.717, 1.165) is 40.9 Å². The molecule has 2 aromatic heterocycles. The molecule has 0 radical (unpaired) electrons. The van der Waals surface area contributed by atoms with Crippen molar-refractivity contribution in [1.29, 1.82) is 0 Å². The van der Waals surface area contributed by atoms with Gasteiger partial charge in [-0.05, 0) is 92.1 Å². The number of rotatable bonds is 2. The molecule has 1 aliphatic heterocycles. The number of carbonyl (C=O) groups is 1. The molecule has 2 aromatic carbocycles. The Hall–Kier alpha value is -3.38. The lowest BCUT2D eigenvalue weighted by atomic mass is 9.95. The third-order valence-electron chi connectivity index (χ3n) is 7.47. The second-order valence-corrected chi connectivity index (χ2v) is 10.6. The van der Waals surface area contributed by atoms with Crippen LogP contribution in [0.1, 0.15) is 57.3 Å². The third kappa shape index (κ3) is 3.76. The first kappa shape index (κ1) is 22.1. The van der Waals surface area contributed by atoms with E-state index in [1.807, 2.05) is 41.4 Å². The van der Waals surface area contributed by atoms with Crippen LogP contribution in [0.5, 0.6) is 0 Å². The summed E-state index contributed by atoms with van der Waals surface area (Å²) in [5, 5.41) is 4.41. The summed E-state index contributed by atoms with van der Waals surface area (Å²) < 4.78 is 16.1. The molecule has 6 heteroatoms. The van der Waals surface area contributed by atoms with Crippen LogP contribution < -0.4 is 5.32 Å². The van der Waals surface area contributed by atoms with Crippen molar-refractivity contribution in [2.75, 3.05) is 5.32 Å². The van der Waals surface area contributed by atoms with Crippen molar-refractivity contribution in [1.82, 2.24) is 9.47 Å². The molecule has 2 amide bonds. The Morgan fingerprint density at radius 2 is 1.80 bits per heavy atom. The summed E-state index contributed by atoms with van der Waals surface area (Å²) in [6.07, 6.45) is 6.68. The standard InChI is InChI=1S/C29H28FN3OS/c1-18-7-5-9-24(19(18)2)31-29(34)33-17-23-22-8-3-4-11-26(22)35-28(23)32-16-6-10-25(32)27(33)20-12-14-21(30)15-13-20/h5-7,9-10,12-16,27H,3-4,8,11,17H2,1-2H3,(H,31,34)/t27-/m1/s1. The SMILES string of the molecule is Cc1cccc(NC(=O)N2Cc3c(sc4c3CCCC4)-n3cccc3[C@H]2c2ccc(F)cc2)c1C. The van der Waals surface area contributed by atoms with Crippen LogP contribution in [0, 0.1) is 19.7 Å². The number of halogens is 1. The summed E-state index contributed by atoms with van der Waals surface area (Å²) in [4.78, 5) is 17.4. The Morgan fingerprint density at radius 3 is 2.63 bits per heavy atom. The molecule has 0 bridgehead atoms. The molecule has 0 saturated heterocycles. The molecule has 178 valence electrons. The minimum atomic E-state index is -0.338. The van der Waals surface area contributed by atoms with Crippen molar-refractivity contribution < 1.29 is 9.18 Å². The quantitative estimate of drug-likeness (QED) is 0.318. The van der Waals surface area contributed by atoms with Gasteiger partial charge in [-0.3, -0.25) is 0 Å². The van der Waals surface area contributed by atoms with Gasteiger partial charge in [0.2, 0.25) is 0 Å². The van der Waals surface area contributed by atoms with Crippen LogP contribution in [0.4, 0.5) is 14.9 Å². The van der Waals surface area contributed by atoms with Crippen LogP contribution in [-0.4, -0.2) is 15.5 Å². The molecule has 2 aliphatic rings. The van der Waals surface area contributed by atoms with E-state index in [2.05, 4.69) is 35.1 Å². The number of thiophene rings is 1. The maximum atomic E-state index is 14.0. The Kier molecular flexibility index (Phi) is 5.49. The zero-order valence-corrected chi connectivity index (χ0v) is 20.8. The molecule has 1 aliphatic carbocycles. The second-order valence-electron chi connectivity index (χ2n) is 9.56. The fourth-order valence-corrected chi connectivity index (χ4v) is 6.86. The number of nitrogens with one attached hydrogen (secondary N) is 1. The summed E-state index contributed by atoms with van der Waals surface area (Å²) in [6, 6.07) is 16.2. The highest BCUT2D eigenvalue weighted by Crippen LogP contribution is 2.44. The van der Waals surface area contributed by atoms with Crippen molar-refractivity contribution in [2.24, 2.45) is 0 Å². The van der Waals surface area contributed by atoms with Crippen LogP contribution in [0.25, 0.3) is 5.00 Å². The minimum Gasteiger partial charge on any atom is -0.310 e. The number of amides is 2. The number of hydrogen-bond donors (Lipinski definition) is 1. The van der Waals surface area contributed by atoms with Gasteiger partial charge in [0.25, 0.3) is 0 Å². The Bertz CT molecular complexity index is 1420. The van der Waals surface area contributed by atoms with Gasteiger partial charge < -0.3 is 14.8 Å². The Balaban J connectivity index is 1.50. The van der Waals surface area contributed by atoms with E-state index in [1.165, 1.54) is 46.0 Å². The van der Waals surface area contributed by atoms with Crippen LogP contribution in [-0.2, 0) is 19.4 Å². The average molecular weight is 486 g/mol. The molecule has 4 aromatic rings. The predicted molar refractivity (Wildman–Crippen MR) is 139 cm³/mol. The van der Waals surface area contributed by atoms with E-state index in [0.29, 0.717) is 6.54 Å². The predicted octanol–water partition coefficient (Wildman–Crippen LogP) is 7.31. The highest BCUT2D eigenvalue weighted by atomic mass is 32.1. The molecule has 3 heterocycles. The van der Waals surface area contributed by atoms with E-state index >= 15 is 0 Å². The van der Waals surface area contributed by atoms with Gasteiger partial charge in [-0.1, -0.05) is 24.3 Å². The van der Waals surface area contributed by atoms with Crippen LogP contribution in [0.3, 0.4) is 0 Å². The van der Waals surface area contributed by atoms with Gasteiger partial charge in [0, 0.05) is 22.3 Å². The fourth-order valence-electron chi connectivity index (χ4n) is 5.46. The van der Waals surface area contributed by atoms with Gasteiger partial charge in [0.15, 0.2) is 0 Å². The lowest BCUT2D eigenvalue weighted by Gasteiger charge is -2.31. The monoisotopic (exact) mass is 485 g/mol. The van der Waals surface area contributed by atoms with E-state index in [4.69, 9.17) is 0 Å². The molecule has 1 N–H and O–H groups in total. The summed E-state index contributed by atoms with van der Waals surface area (Å²) >= 11 is 1.86. The van der Waals surface area contributed by atoms with Crippen LogP contribution >= 0.6 is 11.3 Å². The summed E-state index contributed by atoms with van der Waals surface area (Å²) in [6.45, 7) is 4.60. The lowest BCUT2D eigenvalue weighted by Crippen LogP contribution is -2.38. The molecule has 35 heavy (non-hydrogen) atoms. The number of aryl methyl sites for hydroxylation is 2. The fraction of sp³-hybridized carbons (Fsp3) is 0.276. The normalized spacial score (nSPS) is 16.8. The number of anilines is 1. The smallest absolute Gasteiger partial charge is 0.310 e. The van der Waals surface area contributed by atoms with Crippen molar-refractivity contribution >= 4 is 23.1 Å². The highest BCUT2D eigenvalue weighted by molar-refractivity contribution is 7.15. The van der Waals surface area contributed by atoms with E-state index in [9.17, 15) is 9.18 Å². The number of nitrogens with zero attached hydrogens (tertiary/aromatic N) is 2. The second kappa shape index (κ2) is 8.68. The van der Waals surface area contributed by atoms with Crippen LogP contribution in [0.15, 0.2) is 60.8 Å². The molecule has 1 atom stereocenters. The van der Waals surface area contributed by atoms with Crippen molar-refractivity contribution in [2.45, 2.75) is 52.1 Å². The minimum absolute atomic E-state index is 0.149. The zero-order valence-electron chi connectivity index (χ0n) is 20.0. The molecule has 4 nitrogen and oxygen atoms in total. The molecular weight excluding hydrogens is 457 g/mol. The van der Waals surface area contributed by atoms with Gasteiger partial charge in [-0.25, -0.2) is 9.18 Å². The van der Waals surface area contributed by atoms with Gasteiger partial charge in [0.05, 0.1) is 18.3 Å². The number of urea groups is 1. The van der Waals surface area contributed by atoms with Gasteiger partial charge in [0.1, 0.15) is 10.8 Å². The number of carbonyl (C=O) groups excluding carboxylic acids is 1. The van der Waals surface area contributed by atoms with Gasteiger partial charge >= 0.3 is 6.03 Å². The number of hydrogen-bond acceptors (Lipinski definition) is 2.